The number of carbonyl (C=O) groups excluding carboxylic acids is 1. The van der Waals surface area contributed by atoms with Crippen LogP contribution in [0.3, 0.4) is 0 Å². The number of nitrogens with one attached hydrogen (secondary N) is 3. The third-order valence-corrected chi connectivity index (χ3v) is 1.93. The number of amides is 1. The molecule has 80 valence electrons. The van der Waals surface area contributed by atoms with E-state index < -0.39 is 0 Å². The molecule has 1 aromatic heterocycles. The molecule has 0 spiro atoms. The van der Waals surface area contributed by atoms with Crippen LogP contribution in [0, 0.1) is 0 Å². The van der Waals surface area contributed by atoms with Crippen molar-refractivity contribution in [2.75, 3.05) is 30.5 Å². The number of aliphatic hydroxyl groups is 1. The van der Waals surface area contributed by atoms with E-state index in [2.05, 4.69) is 25.9 Å². The van der Waals surface area contributed by atoms with E-state index in [1.165, 1.54) is 6.20 Å². The van der Waals surface area contributed by atoms with E-state index in [0.29, 0.717) is 30.5 Å². The first-order valence-corrected chi connectivity index (χ1v) is 4.55. The molecular weight excluding hydrogens is 198 g/mol. The largest absolute Gasteiger partial charge is 0.395 e. The smallest absolute Gasteiger partial charge is 0.257 e. The number of aliphatic hydroxyl groups excluding tert-OH is 1. The third kappa shape index (κ3) is 1.96. The second-order valence-electron chi connectivity index (χ2n) is 2.97. The summed E-state index contributed by atoms with van der Waals surface area (Å²) in [5.74, 6) is 0.719. The molecule has 0 atom stereocenters. The predicted molar refractivity (Wildman–Crippen MR) is 53.6 cm³/mol. The van der Waals surface area contributed by atoms with Gasteiger partial charge in [0.25, 0.3) is 5.91 Å². The average molecular weight is 209 g/mol. The molecule has 1 amide bonds. The van der Waals surface area contributed by atoms with Crippen LogP contribution in [-0.4, -0.2) is 40.8 Å². The van der Waals surface area contributed by atoms with Crippen molar-refractivity contribution < 1.29 is 9.90 Å². The molecular formula is C8H11N5O2. The van der Waals surface area contributed by atoms with Gasteiger partial charge < -0.3 is 21.1 Å². The molecule has 0 aromatic carbocycles. The second-order valence-corrected chi connectivity index (χ2v) is 2.97. The summed E-state index contributed by atoms with van der Waals surface area (Å²) in [6.45, 7) is 0.752. The molecule has 1 aliphatic heterocycles. The van der Waals surface area contributed by atoms with Crippen LogP contribution >= 0.6 is 0 Å². The number of hydrogen-bond acceptors (Lipinski definition) is 6. The van der Waals surface area contributed by atoms with Gasteiger partial charge in [-0.3, -0.25) is 4.79 Å². The van der Waals surface area contributed by atoms with E-state index in [-0.39, 0.29) is 12.5 Å². The van der Waals surface area contributed by atoms with Crippen molar-refractivity contribution in [1.29, 1.82) is 0 Å². The van der Waals surface area contributed by atoms with Crippen LogP contribution in [0.5, 0.6) is 0 Å². The lowest BCUT2D eigenvalue weighted by Gasteiger charge is -2.17. The molecule has 0 bridgehead atoms. The Balaban J connectivity index is 2.21. The minimum Gasteiger partial charge on any atom is -0.395 e. The number of hydrogen-bond donors (Lipinski definition) is 4. The van der Waals surface area contributed by atoms with E-state index in [4.69, 9.17) is 5.11 Å². The molecule has 0 radical (unpaired) electrons. The maximum atomic E-state index is 11.3. The number of fused-ring (bicyclic) bond motifs is 1. The number of anilines is 2. The normalized spacial score (nSPS) is 13.8. The lowest BCUT2D eigenvalue weighted by Crippen LogP contribution is -2.35. The number of rotatable bonds is 3. The Labute approximate surface area is 85.9 Å². The number of carbonyl (C=O) groups is 1. The summed E-state index contributed by atoms with van der Waals surface area (Å²) in [7, 11) is 0. The summed E-state index contributed by atoms with van der Waals surface area (Å²) < 4.78 is 0. The summed E-state index contributed by atoms with van der Waals surface area (Å²) in [5.41, 5.74) is 0.427. The van der Waals surface area contributed by atoms with Gasteiger partial charge in [0, 0.05) is 12.7 Å². The van der Waals surface area contributed by atoms with Crippen molar-refractivity contribution in [3.63, 3.8) is 0 Å². The summed E-state index contributed by atoms with van der Waals surface area (Å²) in [4.78, 5) is 19.4. The molecule has 15 heavy (non-hydrogen) atoms. The molecule has 0 fully saturated rings. The van der Waals surface area contributed by atoms with Gasteiger partial charge in [0.1, 0.15) is 11.4 Å². The van der Waals surface area contributed by atoms with Crippen LogP contribution in [0.1, 0.15) is 10.4 Å². The summed E-state index contributed by atoms with van der Waals surface area (Å²) in [6, 6.07) is 0. The second kappa shape index (κ2) is 4.09. The average Bonchev–Trinajstić information content (AvgIpc) is 2.26. The zero-order chi connectivity index (χ0) is 10.7. The van der Waals surface area contributed by atoms with Gasteiger partial charge in [-0.1, -0.05) is 0 Å². The summed E-state index contributed by atoms with van der Waals surface area (Å²) in [6.07, 6.45) is 1.45. The van der Waals surface area contributed by atoms with E-state index >= 15 is 0 Å². The quantitative estimate of drug-likeness (QED) is 0.509. The van der Waals surface area contributed by atoms with Gasteiger partial charge in [0.2, 0.25) is 5.95 Å². The number of nitrogens with zero attached hydrogens (tertiary/aromatic N) is 2. The van der Waals surface area contributed by atoms with E-state index in [1.54, 1.807) is 0 Å². The molecule has 1 aliphatic rings. The molecule has 0 saturated heterocycles. The van der Waals surface area contributed by atoms with Crippen molar-refractivity contribution in [1.82, 2.24) is 15.3 Å². The molecule has 2 rings (SSSR count). The first-order valence-electron chi connectivity index (χ1n) is 4.55. The standard InChI is InChI=1S/C8H11N5O2/c14-2-1-9-8-10-3-5-6(13-8)11-4-12-7(5)15/h3,14H,1-2,4H2,(H,12,15)(H2,9,10,11,13). The predicted octanol–water partition coefficient (Wildman–Crippen LogP) is -1.01. The van der Waals surface area contributed by atoms with E-state index in [0.717, 1.165) is 0 Å². The minimum atomic E-state index is -0.183. The molecule has 0 aliphatic carbocycles. The van der Waals surface area contributed by atoms with Crippen LogP contribution in [0.4, 0.5) is 11.8 Å². The van der Waals surface area contributed by atoms with Crippen molar-refractivity contribution in [2.24, 2.45) is 0 Å². The molecule has 4 N–H and O–H groups in total. The lowest BCUT2D eigenvalue weighted by atomic mass is 10.2. The lowest BCUT2D eigenvalue weighted by molar-refractivity contribution is 0.0952. The van der Waals surface area contributed by atoms with Crippen molar-refractivity contribution in [2.45, 2.75) is 0 Å². The zero-order valence-corrected chi connectivity index (χ0v) is 7.95. The highest BCUT2D eigenvalue weighted by Crippen LogP contribution is 2.15. The molecule has 7 nitrogen and oxygen atoms in total. The Morgan fingerprint density at radius 1 is 1.53 bits per heavy atom. The Hall–Kier alpha value is -1.89. The first-order chi connectivity index (χ1) is 7.31. The number of aromatic nitrogens is 2. The Morgan fingerprint density at radius 3 is 3.20 bits per heavy atom. The van der Waals surface area contributed by atoms with Gasteiger partial charge in [-0.25, -0.2) is 4.98 Å². The maximum Gasteiger partial charge on any atom is 0.257 e. The van der Waals surface area contributed by atoms with Crippen LogP contribution in [0.15, 0.2) is 6.20 Å². The summed E-state index contributed by atoms with van der Waals surface area (Å²) in [5, 5.41) is 17.0. The molecule has 7 heteroatoms. The Bertz CT molecular complexity index is 381. The third-order valence-electron chi connectivity index (χ3n) is 1.93. The van der Waals surface area contributed by atoms with E-state index in [1.807, 2.05) is 0 Å². The maximum absolute atomic E-state index is 11.3. The Kier molecular flexibility index (Phi) is 2.64. The fourth-order valence-electron chi connectivity index (χ4n) is 1.24. The molecule has 2 heterocycles. The fraction of sp³-hybridized carbons (Fsp3) is 0.375. The van der Waals surface area contributed by atoms with Gasteiger partial charge in [0.05, 0.1) is 13.3 Å². The van der Waals surface area contributed by atoms with Gasteiger partial charge in [-0.15, -0.1) is 0 Å². The fourth-order valence-corrected chi connectivity index (χ4v) is 1.24. The van der Waals surface area contributed by atoms with Crippen LogP contribution in [-0.2, 0) is 0 Å². The van der Waals surface area contributed by atoms with Crippen LogP contribution in [0.25, 0.3) is 0 Å². The van der Waals surface area contributed by atoms with Crippen molar-refractivity contribution >= 4 is 17.7 Å². The highest BCUT2D eigenvalue weighted by Gasteiger charge is 2.18. The Morgan fingerprint density at radius 2 is 2.40 bits per heavy atom. The van der Waals surface area contributed by atoms with Crippen LogP contribution < -0.4 is 16.0 Å². The summed E-state index contributed by atoms with van der Waals surface area (Å²) >= 11 is 0. The van der Waals surface area contributed by atoms with Gasteiger partial charge >= 0.3 is 0 Å². The van der Waals surface area contributed by atoms with Gasteiger partial charge in [-0.2, -0.15) is 4.98 Å². The highest BCUT2D eigenvalue weighted by molar-refractivity contribution is 6.00. The molecule has 0 saturated carbocycles. The molecule has 0 unspecified atom stereocenters. The topological polar surface area (TPSA) is 99.2 Å². The van der Waals surface area contributed by atoms with Gasteiger partial charge in [-0.05, 0) is 0 Å². The van der Waals surface area contributed by atoms with Crippen LogP contribution in [0.2, 0.25) is 0 Å². The van der Waals surface area contributed by atoms with Crippen molar-refractivity contribution in [3.8, 4) is 0 Å². The SMILES string of the molecule is O=C1NCNc2nc(NCCO)ncc21. The molecule has 1 aromatic rings. The van der Waals surface area contributed by atoms with Gasteiger partial charge in [0.15, 0.2) is 0 Å². The van der Waals surface area contributed by atoms with E-state index in [9.17, 15) is 4.79 Å². The monoisotopic (exact) mass is 209 g/mol. The highest BCUT2D eigenvalue weighted by atomic mass is 16.3. The van der Waals surface area contributed by atoms with Crippen molar-refractivity contribution in [3.05, 3.63) is 11.8 Å². The first kappa shape index (κ1) is 9.66. The zero-order valence-electron chi connectivity index (χ0n) is 7.95. The minimum absolute atomic E-state index is 0.00829.